The third kappa shape index (κ3) is 3.49. The Hall–Kier alpha value is -2.46. The zero-order chi connectivity index (χ0) is 22.6. The number of ketones is 1. The Morgan fingerprint density at radius 2 is 1.62 bits per heavy atom. The lowest BCUT2D eigenvalue weighted by Crippen LogP contribution is -2.52. The van der Waals surface area contributed by atoms with Gasteiger partial charge in [-0.25, -0.2) is 0 Å². The Balaban J connectivity index is 1.55. The van der Waals surface area contributed by atoms with E-state index in [0.29, 0.717) is 11.4 Å². The van der Waals surface area contributed by atoms with Crippen LogP contribution in [-0.2, 0) is 9.53 Å². The van der Waals surface area contributed by atoms with Crippen LogP contribution in [0.2, 0.25) is 5.02 Å². The lowest BCUT2D eigenvalue weighted by Gasteiger charge is -2.40. The number of aliphatic hydroxyl groups excluding tert-OH is 1. The van der Waals surface area contributed by atoms with Crippen molar-refractivity contribution in [2.45, 2.75) is 56.8 Å². The van der Waals surface area contributed by atoms with Gasteiger partial charge in [0.15, 0.2) is 5.78 Å². The van der Waals surface area contributed by atoms with Gasteiger partial charge in [0.05, 0.1) is 17.6 Å². The number of carbonyl (C=O) groups excluding carboxylic acids is 1. The number of Topliss-reactive ketones (excluding diaryl/α,β-unsaturated/α-hetero) is 1. The second-order valence-corrected chi connectivity index (χ2v) is 9.91. The Kier molecular flexibility index (Phi) is 5.24. The zero-order valence-corrected chi connectivity index (χ0v) is 19.3. The number of carbonyl (C=O) groups is 1. The lowest BCUT2D eigenvalue weighted by atomic mass is 9.78. The van der Waals surface area contributed by atoms with Gasteiger partial charge in [0.2, 0.25) is 0 Å². The van der Waals surface area contributed by atoms with Crippen LogP contribution in [0.5, 0.6) is 0 Å². The van der Waals surface area contributed by atoms with E-state index in [2.05, 4.69) is 31.2 Å². The van der Waals surface area contributed by atoms with Crippen LogP contribution in [0, 0.1) is 13.8 Å². The summed E-state index contributed by atoms with van der Waals surface area (Å²) in [6.07, 6.45) is -0.823. The number of hydrogen-bond acceptors (Lipinski definition) is 3. The predicted octanol–water partition coefficient (Wildman–Crippen LogP) is 5.98. The predicted molar refractivity (Wildman–Crippen MR) is 127 cm³/mol. The van der Waals surface area contributed by atoms with Gasteiger partial charge in [0, 0.05) is 10.9 Å². The molecule has 0 aromatic heterocycles. The fourth-order valence-corrected chi connectivity index (χ4v) is 5.45. The second kappa shape index (κ2) is 7.84. The fourth-order valence-electron chi connectivity index (χ4n) is 5.32. The van der Waals surface area contributed by atoms with E-state index in [0.717, 1.165) is 27.8 Å². The van der Waals surface area contributed by atoms with E-state index in [1.165, 1.54) is 5.56 Å². The molecule has 2 saturated heterocycles. The first-order valence-electron chi connectivity index (χ1n) is 11.1. The molecular weight excluding hydrogens is 420 g/mol. The third-order valence-electron chi connectivity index (χ3n) is 7.21. The van der Waals surface area contributed by atoms with Gasteiger partial charge >= 0.3 is 0 Å². The highest BCUT2D eigenvalue weighted by molar-refractivity contribution is 6.30. The van der Waals surface area contributed by atoms with Gasteiger partial charge in [-0.05, 0) is 67.1 Å². The summed E-state index contributed by atoms with van der Waals surface area (Å²) in [4.78, 5) is 13.7. The van der Waals surface area contributed by atoms with Crippen molar-refractivity contribution < 1.29 is 14.6 Å². The quantitative estimate of drug-likeness (QED) is 0.538. The first-order chi connectivity index (χ1) is 15.3. The number of benzene rings is 3. The van der Waals surface area contributed by atoms with Crippen molar-refractivity contribution in [2.75, 3.05) is 0 Å². The van der Waals surface area contributed by atoms with Gasteiger partial charge in [-0.2, -0.15) is 0 Å². The van der Waals surface area contributed by atoms with E-state index in [1.54, 1.807) is 0 Å². The van der Waals surface area contributed by atoms with Crippen LogP contribution >= 0.6 is 11.6 Å². The summed E-state index contributed by atoms with van der Waals surface area (Å²) in [7, 11) is 0. The number of fused-ring (bicyclic) bond motifs is 2. The molecule has 3 aromatic carbocycles. The van der Waals surface area contributed by atoms with Crippen molar-refractivity contribution in [1.82, 2.24) is 0 Å². The molecule has 5 rings (SSSR count). The van der Waals surface area contributed by atoms with Crippen LogP contribution in [0.15, 0.2) is 66.7 Å². The SMILES string of the molecule is Cc1ccc([C@H]2C[C@@]3(C)O[C@@H]2C(=O)C(c2cc(-c4ccc(Cl)cc4)ccc2C)C3O)cc1. The molecule has 2 aliphatic heterocycles. The number of aryl methyl sites for hydroxylation is 2. The Morgan fingerprint density at radius 1 is 0.969 bits per heavy atom. The average molecular weight is 447 g/mol. The van der Waals surface area contributed by atoms with E-state index in [-0.39, 0.29) is 11.7 Å². The maximum atomic E-state index is 13.7. The molecule has 1 N–H and O–H groups in total. The molecule has 32 heavy (non-hydrogen) atoms. The van der Waals surface area contributed by atoms with Crippen LogP contribution in [0.1, 0.15) is 47.4 Å². The van der Waals surface area contributed by atoms with E-state index < -0.39 is 23.7 Å². The number of ether oxygens (including phenoxy) is 1. The van der Waals surface area contributed by atoms with Crippen molar-refractivity contribution in [2.24, 2.45) is 0 Å². The maximum Gasteiger partial charge on any atom is 0.172 e. The minimum absolute atomic E-state index is 0.0330. The molecule has 2 unspecified atom stereocenters. The van der Waals surface area contributed by atoms with Crippen molar-refractivity contribution in [3.05, 3.63) is 94.0 Å². The number of aliphatic hydroxyl groups is 1. The van der Waals surface area contributed by atoms with Gasteiger partial charge in [-0.3, -0.25) is 4.79 Å². The Bertz CT molecular complexity index is 1170. The lowest BCUT2D eigenvalue weighted by molar-refractivity contribution is -0.170. The van der Waals surface area contributed by atoms with Gasteiger partial charge < -0.3 is 9.84 Å². The molecule has 3 aromatic rings. The summed E-state index contributed by atoms with van der Waals surface area (Å²) in [6.45, 7) is 5.99. The summed E-state index contributed by atoms with van der Waals surface area (Å²) in [5, 5.41) is 12.1. The summed E-state index contributed by atoms with van der Waals surface area (Å²) in [5.41, 5.74) is 5.41. The van der Waals surface area contributed by atoms with Gasteiger partial charge in [0.1, 0.15) is 6.10 Å². The summed E-state index contributed by atoms with van der Waals surface area (Å²) in [5.74, 6) is -0.691. The van der Waals surface area contributed by atoms with E-state index >= 15 is 0 Å². The minimum atomic E-state index is -0.902. The summed E-state index contributed by atoms with van der Waals surface area (Å²) < 4.78 is 6.21. The van der Waals surface area contributed by atoms with Gasteiger partial charge in [-0.15, -0.1) is 0 Å². The van der Waals surface area contributed by atoms with Crippen LogP contribution < -0.4 is 0 Å². The molecule has 3 nitrogen and oxygen atoms in total. The summed E-state index contributed by atoms with van der Waals surface area (Å²) >= 11 is 6.05. The number of halogens is 1. The molecule has 5 atom stereocenters. The fraction of sp³-hybridized carbons (Fsp3) is 0.321. The normalized spacial score (nSPS) is 29.3. The smallest absolute Gasteiger partial charge is 0.172 e. The molecule has 0 radical (unpaired) electrons. The van der Waals surface area contributed by atoms with Crippen LogP contribution in [0.4, 0.5) is 0 Å². The van der Waals surface area contributed by atoms with Crippen molar-refractivity contribution >= 4 is 17.4 Å². The van der Waals surface area contributed by atoms with Crippen molar-refractivity contribution in [1.29, 1.82) is 0 Å². The molecule has 0 amide bonds. The van der Waals surface area contributed by atoms with Gasteiger partial charge in [0.25, 0.3) is 0 Å². The molecule has 2 bridgehead atoms. The molecule has 0 spiro atoms. The third-order valence-corrected chi connectivity index (χ3v) is 7.46. The first kappa shape index (κ1) is 21.4. The van der Waals surface area contributed by atoms with E-state index in [9.17, 15) is 9.90 Å². The largest absolute Gasteiger partial charge is 0.389 e. The molecule has 2 fully saturated rings. The van der Waals surface area contributed by atoms with E-state index in [4.69, 9.17) is 16.3 Å². The minimum Gasteiger partial charge on any atom is -0.389 e. The van der Waals surface area contributed by atoms with Crippen LogP contribution in [-0.4, -0.2) is 28.7 Å². The first-order valence-corrected chi connectivity index (χ1v) is 11.5. The van der Waals surface area contributed by atoms with Crippen molar-refractivity contribution in [3.63, 3.8) is 0 Å². The molecule has 164 valence electrons. The topological polar surface area (TPSA) is 46.5 Å². The van der Waals surface area contributed by atoms with Gasteiger partial charge in [-0.1, -0.05) is 71.8 Å². The highest BCUT2D eigenvalue weighted by atomic mass is 35.5. The van der Waals surface area contributed by atoms with Crippen molar-refractivity contribution in [3.8, 4) is 11.1 Å². The monoisotopic (exact) mass is 446 g/mol. The number of hydrogen-bond donors (Lipinski definition) is 1. The van der Waals surface area contributed by atoms with E-state index in [1.807, 2.05) is 56.3 Å². The molecular formula is C28H27ClO3. The molecule has 2 heterocycles. The maximum absolute atomic E-state index is 13.7. The van der Waals surface area contributed by atoms with Crippen LogP contribution in [0.25, 0.3) is 11.1 Å². The molecule has 0 saturated carbocycles. The Morgan fingerprint density at radius 3 is 2.31 bits per heavy atom. The summed E-state index contributed by atoms with van der Waals surface area (Å²) in [6, 6.07) is 22.1. The molecule has 2 aliphatic rings. The average Bonchev–Trinajstić information content (AvgIpc) is 3.11. The zero-order valence-electron chi connectivity index (χ0n) is 18.5. The highest BCUT2D eigenvalue weighted by Crippen LogP contribution is 2.52. The van der Waals surface area contributed by atoms with Crippen LogP contribution in [0.3, 0.4) is 0 Å². The molecule has 4 heteroatoms. The Labute approximate surface area is 194 Å². The second-order valence-electron chi connectivity index (χ2n) is 9.48. The molecule has 0 aliphatic carbocycles. The number of rotatable bonds is 3. The highest BCUT2D eigenvalue weighted by Gasteiger charge is 2.60. The standard InChI is InChI=1S/C28H27ClO3/c1-16-4-7-19(8-5-16)23-15-28(3)27(31)24(25(30)26(23)32-28)22-14-20(9-6-17(22)2)18-10-12-21(29)13-11-18/h4-14,23-24,26-27,31H,15H2,1-3H3/t23-,24?,26+,27?,28-/m1/s1.